The minimum atomic E-state index is -0.519. The second-order valence-corrected chi connectivity index (χ2v) is 12.3. The molecule has 0 bridgehead atoms. The summed E-state index contributed by atoms with van der Waals surface area (Å²) in [6.07, 6.45) is 5.22. The number of piperazine rings is 1. The quantitative estimate of drug-likeness (QED) is 0.279. The van der Waals surface area contributed by atoms with Gasteiger partial charge in [-0.05, 0) is 71.2 Å². The molecule has 0 aliphatic carbocycles. The number of anilines is 2. The van der Waals surface area contributed by atoms with Crippen LogP contribution in [0.15, 0.2) is 35.5 Å². The van der Waals surface area contributed by atoms with Crippen LogP contribution >= 0.6 is 0 Å². The Hall–Kier alpha value is -4.48. The largest absolute Gasteiger partial charge is 0.444 e. The van der Waals surface area contributed by atoms with Gasteiger partial charge in [-0.2, -0.15) is 0 Å². The molecule has 5 rings (SSSR count). The van der Waals surface area contributed by atoms with Gasteiger partial charge in [-0.25, -0.2) is 24.7 Å². The number of rotatable bonds is 8. The molecule has 1 saturated heterocycles. The molecule has 0 spiro atoms. The lowest BCUT2D eigenvalue weighted by molar-refractivity contribution is 0.0240. The molecule has 1 fully saturated rings. The van der Waals surface area contributed by atoms with Crippen LogP contribution in [0.25, 0.3) is 22.6 Å². The third-order valence-electron chi connectivity index (χ3n) is 7.95. The number of aryl methyl sites for hydroxylation is 2. The van der Waals surface area contributed by atoms with Crippen LogP contribution in [0.3, 0.4) is 0 Å². The average molecular weight is 602 g/mol. The van der Waals surface area contributed by atoms with E-state index in [1.165, 1.54) is 0 Å². The molecule has 2 N–H and O–H groups in total. The van der Waals surface area contributed by atoms with E-state index in [1.807, 2.05) is 59.1 Å². The molecule has 44 heavy (non-hydrogen) atoms. The fourth-order valence-electron chi connectivity index (χ4n) is 5.54. The molecule has 0 unspecified atom stereocenters. The maximum atomic E-state index is 12.7. The van der Waals surface area contributed by atoms with Crippen LogP contribution in [0.2, 0.25) is 0 Å². The Labute approximate surface area is 257 Å². The van der Waals surface area contributed by atoms with E-state index in [9.17, 15) is 9.59 Å². The van der Waals surface area contributed by atoms with Crippen molar-refractivity contribution < 1.29 is 9.53 Å². The van der Waals surface area contributed by atoms with E-state index in [4.69, 9.17) is 19.7 Å². The summed E-state index contributed by atoms with van der Waals surface area (Å²) in [5.74, 6) is 1.92. The van der Waals surface area contributed by atoms with Gasteiger partial charge in [0.05, 0.1) is 6.33 Å². The van der Waals surface area contributed by atoms with Crippen LogP contribution in [0.1, 0.15) is 70.3 Å². The molecule has 1 aliphatic heterocycles. The minimum Gasteiger partial charge on any atom is -0.444 e. The van der Waals surface area contributed by atoms with E-state index in [2.05, 4.69) is 38.6 Å². The van der Waals surface area contributed by atoms with E-state index in [1.54, 1.807) is 11.1 Å². The van der Waals surface area contributed by atoms with Gasteiger partial charge in [0, 0.05) is 61.8 Å². The fourth-order valence-corrected chi connectivity index (χ4v) is 5.54. The van der Waals surface area contributed by atoms with E-state index >= 15 is 0 Å². The first-order valence-electron chi connectivity index (χ1n) is 15.3. The van der Waals surface area contributed by atoms with Crippen molar-refractivity contribution in [3.63, 3.8) is 0 Å². The van der Waals surface area contributed by atoms with E-state index in [0.29, 0.717) is 55.4 Å². The highest BCUT2D eigenvalue weighted by Crippen LogP contribution is 2.29. The Balaban J connectivity index is 1.40. The molecule has 0 saturated carbocycles. The molecule has 0 atom stereocenters. The zero-order valence-corrected chi connectivity index (χ0v) is 26.8. The summed E-state index contributed by atoms with van der Waals surface area (Å²) in [6.45, 7) is 16.5. The molecular weight excluding hydrogens is 558 g/mol. The van der Waals surface area contributed by atoms with Crippen molar-refractivity contribution in [1.29, 1.82) is 0 Å². The molecule has 5 heterocycles. The number of carbonyl (C=O) groups is 1. The number of aromatic nitrogens is 6. The second kappa shape index (κ2) is 12.6. The highest BCUT2D eigenvalue weighted by Gasteiger charge is 2.26. The summed E-state index contributed by atoms with van der Waals surface area (Å²) in [4.78, 5) is 51.2. The first kappa shape index (κ1) is 31.0. The molecule has 0 aromatic carbocycles. The van der Waals surface area contributed by atoms with Crippen molar-refractivity contribution in [2.45, 2.75) is 79.5 Å². The second-order valence-electron chi connectivity index (χ2n) is 12.3. The van der Waals surface area contributed by atoms with Crippen LogP contribution in [-0.4, -0.2) is 72.3 Å². The van der Waals surface area contributed by atoms with E-state index < -0.39 is 5.60 Å². The Morgan fingerprint density at radius 3 is 2.41 bits per heavy atom. The minimum absolute atomic E-state index is 0.116. The van der Waals surface area contributed by atoms with Gasteiger partial charge in [0.25, 0.3) is 5.56 Å². The number of amides is 1. The van der Waals surface area contributed by atoms with Crippen LogP contribution < -0.4 is 15.8 Å². The highest BCUT2D eigenvalue weighted by atomic mass is 16.6. The van der Waals surface area contributed by atoms with Crippen LogP contribution in [0.4, 0.5) is 16.4 Å². The van der Waals surface area contributed by atoms with Crippen LogP contribution in [0.5, 0.6) is 0 Å². The lowest BCUT2D eigenvalue weighted by Gasteiger charge is -2.36. The van der Waals surface area contributed by atoms with Gasteiger partial charge in [0.15, 0.2) is 17.3 Å². The lowest BCUT2D eigenvalue weighted by Crippen LogP contribution is -2.50. The van der Waals surface area contributed by atoms with E-state index in [0.717, 1.165) is 41.1 Å². The van der Waals surface area contributed by atoms with Crippen molar-refractivity contribution in [3.8, 4) is 11.4 Å². The number of nitrogens with one attached hydrogen (secondary N) is 2. The monoisotopic (exact) mass is 601 g/mol. The Bertz CT molecular complexity index is 1680. The normalized spacial score (nSPS) is 14.0. The summed E-state index contributed by atoms with van der Waals surface area (Å²) in [5.41, 5.74) is 3.93. The molecule has 0 radical (unpaired) electrons. The SMILES string of the molecule is CCC(CC)n1cnc2c(NCc3c(C)cc(C)[nH]c3=O)nc(-c3ccc(N4CCN(C(=O)OC(C)(C)C)CC4)nc3)nc21. The number of hydrogen-bond donors (Lipinski definition) is 2. The Morgan fingerprint density at radius 2 is 1.80 bits per heavy atom. The smallest absolute Gasteiger partial charge is 0.410 e. The van der Waals surface area contributed by atoms with Gasteiger partial charge in [-0.15, -0.1) is 0 Å². The van der Waals surface area contributed by atoms with Crippen molar-refractivity contribution in [2.75, 3.05) is 36.4 Å². The van der Waals surface area contributed by atoms with Gasteiger partial charge in [0.2, 0.25) is 0 Å². The molecular formula is C32H43N9O3. The van der Waals surface area contributed by atoms with Crippen LogP contribution in [-0.2, 0) is 11.3 Å². The van der Waals surface area contributed by atoms with E-state index in [-0.39, 0.29) is 17.7 Å². The summed E-state index contributed by atoms with van der Waals surface area (Å²) < 4.78 is 7.64. The Morgan fingerprint density at radius 1 is 1.07 bits per heavy atom. The third kappa shape index (κ3) is 6.68. The average Bonchev–Trinajstić information content (AvgIpc) is 3.40. The molecule has 4 aromatic rings. The fraction of sp³-hybridized carbons (Fsp3) is 0.500. The third-order valence-corrected chi connectivity index (χ3v) is 7.95. The summed E-state index contributed by atoms with van der Waals surface area (Å²) >= 11 is 0. The van der Waals surface area contributed by atoms with Crippen molar-refractivity contribution in [1.82, 2.24) is 34.4 Å². The van der Waals surface area contributed by atoms with Gasteiger partial charge < -0.3 is 29.4 Å². The molecule has 12 nitrogen and oxygen atoms in total. The number of imidazole rings is 1. The molecule has 12 heteroatoms. The van der Waals surface area contributed by atoms with Crippen molar-refractivity contribution >= 4 is 28.9 Å². The first-order valence-corrected chi connectivity index (χ1v) is 15.3. The predicted octanol–water partition coefficient (Wildman–Crippen LogP) is 5.22. The molecule has 4 aromatic heterocycles. The molecule has 1 amide bonds. The summed E-state index contributed by atoms with van der Waals surface area (Å²) in [5, 5.41) is 3.38. The first-order chi connectivity index (χ1) is 21.0. The number of fused-ring (bicyclic) bond motifs is 1. The van der Waals surface area contributed by atoms with Gasteiger partial charge in [0.1, 0.15) is 16.9 Å². The topological polar surface area (TPSA) is 134 Å². The number of hydrogen-bond acceptors (Lipinski definition) is 9. The highest BCUT2D eigenvalue weighted by molar-refractivity contribution is 5.85. The number of pyridine rings is 2. The van der Waals surface area contributed by atoms with Gasteiger partial charge in [-0.1, -0.05) is 13.8 Å². The molecule has 234 valence electrons. The molecule has 1 aliphatic rings. The van der Waals surface area contributed by atoms with Crippen molar-refractivity contribution in [3.05, 3.63) is 57.9 Å². The maximum Gasteiger partial charge on any atom is 0.410 e. The summed E-state index contributed by atoms with van der Waals surface area (Å²) in [7, 11) is 0. The number of carbonyl (C=O) groups excluding carboxylic acids is 1. The number of nitrogens with zero attached hydrogens (tertiary/aromatic N) is 7. The van der Waals surface area contributed by atoms with Crippen LogP contribution in [0, 0.1) is 13.8 Å². The number of aromatic amines is 1. The standard InChI is InChI=1S/C32H43N9O3/c1-8-23(9-2)41-19-35-26-28(34-18-24-20(3)16-21(4)36-30(24)42)37-27(38-29(26)41)22-10-11-25(33-17-22)39-12-14-40(15-13-39)31(43)44-32(5,6)7/h10-11,16-17,19,23H,8-9,12-15,18H2,1-7H3,(H,36,42)(H,34,37,38). The number of ether oxygens (including phenoxy) is 1. The van der Waals surface area contributed by atoms with Crippen molar-refractivity contribution in [2.24, 2.45) is 0 Å². The maximum absolute atomic E-state index is 12.7. The predicted molar refractivity (Wildman–Crippen MR) is 172 cm³/mol. The zero-order valence-electron chi connectivity index (χ0n) is 26.8. The number of H-pyrrole nitrogens is 1. The van der Waals surface area contributed by atoms with Gasteiger partial charge >= 0.3 is 6.09 Å². The Kier molecular flexibility index (Phi) is 8.89. The zero-order chi connectivity index (χ0) is 31.6. The lowest BCUT2D eigenvalue weighted by atomic mass is 10.1. The van der Waals surface area contributed by atoms with Gasteiger partial charge in [-0.3, -0.25) is 4.79 Å². The summed E-state index contributed by atoms with van der Waals surface area (Å²) in [6, 6.07) is 6.15.